The highest BCUT2D eigenvalue weighted by Crippen LogP contribution is 2.18. The maximum absolute atomic E-state index is 11.4. The van der Waals surface area contributed by atoms with E-state index in [1.807, 2.05) is 24.3 Å². The van der Waals surface area contributed by atoms with Crippen molar-refractivity contribution < 1.29 is 9.53 Å². The van der Waals surface area contributed by atoms with Crippen LogP contribution in [0, 0.1) is 0 Å². The first kappa shape index (κ1) is 12.9. The summed E-state index contributed by atoms with van der Waals surface area (Å²) in [5.41, 5.74) is 7.42. The second-order valence-corrected chi connectivity index (χ2v) is 4.42. The summed E-state index contributed by atoms with van der Waals surface area (Å²) in [5.74, 6) is -0.172. The molecular formula is C13H19N3O2. The van der Waals surface area contributed by atoms with Crippen molar-refractivity contribution in [3.63, 3.8) is 0 Å². The third-order valence-electron chi connectivity index (χ3n) is 2.92. The van der Waals surface area contributed by atoms with E-state index in [1.165, 1.54) is 0 Å². The largest absolute Gasteiger partial charge is 0.378 e. The molecule has 0 aliphatic carbocycles. The third-order valence-corrected chi connectivity index (χ3v) is 2.92. The van der Waals surface area contributed by atoms with Crippen molar-refractivity contribution in [3.8, 4) is 0 Å². The van der Waals surface area contributed by atoms with E-state index in [0.717, 1.165) is 37.7 Å². The number of hydrogen-bond donors (Lipinski definition) is 2. The second-order valence-electron chi connectivity index (χ2n) is 4.42. The van der Waals surface area contributed by atoms with Gasteiger partial charge in [0.25, 0.3) is 0 Å². The number of rotatable bonds is 3. The van der Waals surface area contributed by atoms with Crippen LogP contribution in [-0.2, 0) is 9.53 Å². The van der Waals surface area contributed by atoms with Crippen molar-refractivity contribution >= 4 is 17.3 Å². The third kappa shape index (κ3) is 3.21. The number of nitrogens with one attached hydrogen (secondary N) is 1. The summed E-state index contributed by atoms with van der Waals surface area (Å²) in [7, 11) is 0. The van der Waals surface area contributed by atoms with Gasteiger partial charge in [-0.25, -0.2) is 0 Å². The zero-order valence-electron chi connectivity index (χ0n) is 10.6. The van der Waals surface area contributed by atoms with Gasteiger partial charge < -0.3 is 20.7 Å². The van der Waals surface area contributed by atoms with Crippen molar-refractivity contribution in [1.29, 1.82) is 0 Å². The van der Waals surface area contributed by atoms with Gasteiger partial charge >= 0.3 is 0 Å². The fourth-order valence-electron chi connectivity index (χ4n) is 1.83. The molecule has 1 aliphatic heterocycles. The Labute approximate surface area is 107 Å². The van der Waals surface area contributed by atoms with Crippen LogP contribution in [0.1, 0.15) is 6.92 Å². The van der Waals surface area contributed by atoms with Crippen LogP contribution in [-0.4, -0.2) is 38.3 Å². The number of carbonyl (C=O) groups is 1. The Morgan fingerprint density at radius 2 is 1.94 bits per heavy atom. The normalized spacial score (nSPS) is 17.3. The van der Waals surface area contributed by atoms with E-state index >= 15 is 0 Å². The standard InChI is InChI=1S/C13H19N3O2/c1-10(14)13(17)15-11-2-4-12(5-3-11)16-6-8-18-9-7-16/h2-5,10H,6-9,14H2,1H3,(H,15,17)/t10-/m1/s1. The molecular weight excluding hydrogens is 230 g/mol. The van der Waals surface area contributed by atoms with E-state index in [9.17, 15) is 4.79 Å². The number of hydrogen-bond acceptors (Lipinski definition) is 4. The predicted molar refractivity (Wildman–Crippen MR) is 71.8 cm³/mol. The summed E-state index contributed by atoms with van der Waals surface area (Å²) in [6, 6.07) is 7.30. The number of nitrogens with zero attached hydrogens (tertiary/aromatic N) is 1. The summed E-state index contributed by atoms with van der Waals surface area (Å²) in [6.45, 7) is 5.01. The van der Waals surface area contributed by atoms with E-state index in [-0.39, 0.29) is 5.91 Å². The molecule has 1 fully saturated rings. The molecule has 5 nitrogen and oxygen atoms in total. The minimum Gasteiger partial charge on any atom is -0.378 e. The highest BCUT2D eigenvalue weighted by molar-refractivity contribution is 5.94. The number of carbonyl (C=O) groups excluding carboxylic acids is 1. The molecule has 1 saturated heterocycles. The molecule has 0 unspecified atom stereocenters. The van der Waals surface area contributed by atoms with Crippen LogP contribution in [0.25, 0.3) is 0 Å². The fraction of sp³-hybridized carbons (Fsp3) is 0.462. The van der Waals surface area contributed by atoms with E-state index in [1.54, 1.807) is 6.92 Å². The zero-order chi connectivity index (χ0) is 13.0. The number of amides is 1. The van der Waals surface area contributed by atoms with Crippen molar-refractivity contribution in [2.45, 2.75) is 13.0 Å². The first-order chi connectivity index (χ1) is 8.66. The van der Waals surface area contributed by atoms with Gasteiger partial charge in [-0.2, -0.15) is 0 Å². The molecule has 0 bridgehead atoms. The molecule has 0 saturated carbocycles. The molecule has 1 aromatic rings. The number of ether oxygens (including phenoxy) is 1. The van der Waals surface area contributed by atoms with E-state index < -0.39 is 6.04 Å². The molecule has 0 spiro atoms. The Hall–Kier alpha value is -1.59. The van der Waals surface area contributed by atoms with E-state index in [0.29, 0.717) is 0 Å². The van der Waals surface area contributed by atoms with Crippen molar-refractivity contribution in [2.24, 2.45) is 5.73 Å². The summed E-state index contributed by atoms with van der Waals surface area (Å²) >= 11 is 0. The maximum Gasteiger partial charge on any atom is 0.240 e. The molecule has 1 amide bonds. The Kier molecular flexibility index (Phi) is 4.17. The van der Waals surface area contributed by atoms with E-state index in [4.69, 9.17) is 10.5 Å². The van der Waals surface area contributed by atoms with Crippen LogP contribution in [0.3, 0.4) is 0 Å². The van der Waals surface area contributed by atoms with Gasteiger partial charge in [0.05, 0.1) is 19.3 Å². The monoisotopic (exact) mass is 249 g/mol. The lowest BCUT2D eigenvalue weighted by Crippen LogP contribution is -2.36. The molecule has 3 N–H and O–H groups in total. The first-order valence-electron chi connectivity index (χ1n) is 6.16. The second kappa shape index (κ2) is 5.84. The average molecular weight is 249 g/mol. The van der Waals surface area contributed by atoms with Crippen LogP contribution in [0.15, 0.2) is 24.3 Å². The number of nitrogens with two attached hydrogens (primary N) is 1. The minimum atomic E-state index is -0.496. The van der Waals surface area contributed by atoms with Crippen LogP contribution in [0.4, 0.5) is 11.4 Å². The molecule has 1 aliphatic rings. The highest BCUT2D eigenvalue weighted by atomic mass is 16.5. The van der Waals surface area contributed by atoms with Crippen LogP contribution >= 0.6 is 0 Å². The molecule has 0 aromatic heterocycles. The molecule has 98 valence electrons. The Bertz CT molecular complexity index is 397. The SMILES string of the molecule is C[C@@H](N)C(=O)Nc1ccc(N2CCOCC2)cc1. The van der Waals surface area contributed by atoms with Crippen LogP contribution < -0.4 is 16.0 Å². The molecule has 2 rings (SSSR count). The number of morpholine rings is 1. The Morgan fingerprint density at radius 3 is 2.50 bits per heavy atom. The molecule has 0 radical (unpaired) electrons. The maximum atomic E-state index is 11.4. The quantitative estimate of drug-likeness (QED) is 0.832. The van der Waals surface area contributed by atoms with Crippen molar-refractivity contribution in [2.75, 3.05) is 36.5 Å². The Balaban J connectivity index is 1.98. The summed E-state index contributed by atoms with van der Waals surface area (Å²) in [6.07, 6.45) is 0. The average Bonchev–Trinajstić information content (AvgIpc) is 2.40. The van der Waals surface area contributed by atoms with Crippen LogP contribution in [0.5, 0.6) is 0 Å². The zero-order valence-corrected chi connectivity index (χ0v) is 10.6. The molecule has 1 atom stereocenters. The minimum absolute atomic E-state index is 0.172. The molecule has 5 heteroatoms. The topological polar surface area (TPSA) is 67.6 Å². The van der Waals surface area contributed by atoms with E-state index in [2.05, 4.69) is 10.2 Å². The lowest BCUT2D eigenvalue weighted by molar-refractivity contribution is -0.117. The van der Waals surface area contributed by atoms with Gasteiger partial charge in [0.15, 0.2) is 0 Å². The molecule has 1 aromatic carbocycles. The van der Waals surface area contributed by atoms with Gasteiger partial charge in [-0.05, 0) is 31.2 Å². The molecule has 1 heterocycles. The summed E-state index contributed by atoms with van der Waals surface area (Å²) < 4.78 is 5.31. The van der Waals surface area contributed by atoms with Crippen molar-refractivity contribution in [1.82, 2.24) is 0 Å². The van der Waals surface area contributed by atoms with Gasteiger partial charge in [0.1, 0.15) is 0 Å². The number of benzene rings is 1. The molecule has 18 heavy (non-hydrogen) atoms. The lowest BCUT2D eigenvalue weighted by Gasteiger charge is -2.28. The number of anilines is 2. The summed E-state index contributed by atoms with van der Waals surface area (Å²) in [5, 5.41) is 2.76. The first-order valence-corrected chi connectivity index (χ1v) is 6.16. The van der Waals surface area contributed by atoms with Crippen molar-refractivity contribution in [3.05, 3.63) is 24.3 Å². The summed E-state index contributed by atoms with van der Waals surface area (Å²) in [4.78, 5) is 13.7. The van der Waals surface area contributed by atoms with Gasteiger partial charge in [-0.3, -0.25) is 4.79 Å². The van der Waals surface area contributed by atoms with Crippen LogP contribution in [0.2, 0.25) is 0 Å². The van der Waals surface area contributed by atoms with Gasteiger partial charge in [0, 0.05) is 24.5 Å². The lowest BCUT2D eigenvalue weighted by atomic mass is 10.2. The van der Waals surface area contributed by atoms with Gasteiger partial charge in [-0.15, -0.1) is 0 Å². The Morgan fingerprint density at radius 1 is 1.33 bits per heavy atom. The van der Waals surface area contributed by atoms with Gasteiger partial charge in [0.2, 0.25) is 5.91 Å². The van der Waals surface area contributed by atoms with Gasteiger partial charge in [-0.1, -0.05) is 0 Å². The highest BCUT2D eigenvalue weighted by Gasteiger charge is 2.11. The predicted octanol–water partition coefficient (Wildman–Crippen LogP) is 0.809. The smallest absolute Gasteiger partial charge is 0.240 e. The fourth-order valence-corrected chi connectivity index (χ4v) is 1.83.